The number of esters is 4. The topological polar surface area (TPSA) is 122 Å². The van der Waals surface area contributed by atoms with Crippen LogP contribution in [-0.2, 0) is 23.7 Å². The third-order valence-electron chi connectivity index (χ3n) is 5.99. The Morgan fingerprint density at radius 3 is 1.26 bits per heavy atom. The highest BCUT2D eigenvalue weighted by Gasteiger charge is 2.40. The molecule has 0 saturated heterocycles. The molecule has 9 nitrogen and oxygen atoms in total. The average molecular weight is 567 g/mol. The van der Waals surface area contributed by atoms with Crippen LogP contribution in [-0.4, -0.2) is 55.1 Å². The molecule has 0 saturated carbocycles. The lowest BCUT2D eigenvalue weighted by Crippen LogP contribution is -2.48. The Labute approximate surface area is 241 Å². The molecule has 4 rings (SSSR count). The Hall–Kier alpha value is -5.57. The fourth-order valence-corrected chi connectivity index (χ4v) is 3.85. The third-order valence-corrected chi connectivity index (χ3v) is 5.99. The summed E-state index contributed by atoms with van der Waals surface area (Å²) in [5.74, 6) is -3.38. The normalized spacial score (nSPS) is 12.6. The van der Waals surface area contributed by atoms with Crippen LogP contribution in [0.15, 0.2) is 121 Å². The molecule has 4 aromatic rings. The van der Waals surface area contributed by atoms with Gasteiger partial charge in [-0.3, -0.25) is 4.79 Å². The molecule has 0 aliphatic carbocycles. The van der Waals surface area contributed by atoms with E-state index in [0.717, 1.165) is 0 Å². The zero-order valence-corrected chi connectivity index (χ0v) is 22.2. The van der Waals surface area contributed by atoms with Crippen molar-refractivity contribution >= 4 is 30.2 Å². The maximum atomic E-state index is 13.1. The second-order valence-corrected chi connectivity index (χ2v) is 8.88. The van der Waals surface area contributed by atoms with Crippen LogP contribution in [0, 0.1) is 0 Å². The number of carbonyl (C=O) groups is 5. The molecule has 4 aromatic carbocycles. The molecular formula is C33H26O9. The summed E-state index contributed by atoms with van der Waals surface area (Å²) in [4.78, 5) is 64.2. The average Bonchev–Trinajstić information content (AvgIpc) is 3.05. The van der Waals surface area contributed by atoms with Gasteiger partial charge in [0.25, 0.3) is 0 Å². The van der Waals surface area contributed by atoms with Gasteiger partial charge in [-0.25, -0.2) is 19.2 Å². The first-order valence-corrected chi connectivity index (χ1v) is 12.9. The summed E-state index contributed by atoms with van der Waals surface area (Å²) in [6, 6.07) is 31.7. The maximum Gasteiger partial charge on any atom is 0.338 e. The smallest absolute Gasteiger partial charge is 0.338 e. The van der Waals surface area contributed by atoms with E-state index in [1.807, 2.05) is 0 Å². The van der Waals surface area contributed by atoms with Gasteiger partial charge in [0.15, 0.2) is 24.6 Å². The lowest BCUT2D eigenvalue weighted by molar-refractivity contribution is -0.132. The van der Waals surface area contributed by atoms with E-state index in [2.05, 4.69) is 0 Å². The van der Waals surface area contributed by atoms with Crippen LogP contribution in [0.2, 0.25) is 0 Å². The van der Waals surface area contributed by atoms with E-state index in [-0.39, 0.29) is 28.5 Å². The van der Waals surface area contributed by atoms with Crippen molar-refractivity contribution in [2.75, 3.05) is 6.61 Å². The molecule has 9 heteroatoms. The molecule has 0 radical (unpaired) electrons. The van der Waals surface area contributed by atoms with Gasteiger partial charge in [0, 0.05) is 0 Å². The van der Waals surface area contributed by atoms with Gasteiger partial charge in [-0.05, 0) is 48.5 Å². The second kappa shape index (κ2) is 14.7. The Kier molecular flexibility index (Phi) is 10.3. The first kappa shape index (κ1) is 29.4. The number of rotatable bonds is 12. The molecule has 0 aliphatic heterocycles. The summed E-state index contributed by atoms with van der Waals surface area (Å²) >= 11 is 0. The highest BCUT2D eigenvalue weighted by Crippen LogP contribution is 2.19. The van der Waals surface area contributed by atoms with E-state index in [1.54, 1.807) is 72.8 Å². The highest BCUT2D eigenvalue weighted by atomic mass is 16.6. The molecule has 0 bridgehead atoms. The molecule has 0 fully saturated rings. The zero-order chi connectivity index (χ0) is 29.7. The van der Waals surface area contributed by atoms with Gasteiger partial charge >= 0.3 is 23.9 Å². The number of ether oxygens (including phenoxy) is 4. The van der Waals surface area contributed by atoms with E-state index >= 15 is 0 Å². The van der Waals surface area contributed by atoms with Crippen LogP contribution in [0.5, 0.6) is 0 Å². The molecule has 0 unspecified atom stereocenters. The summed E-state index contributed by atoms with van der Waals surface area (Å²) in [5, 5.41) is 0. The molecule has 0 aliphatic rings. The van der Waals surface area contributed by atoms with E-state index in [9.17, 15) is 24.0 Å². The molecule has 0 heterocycles. The summed E-state index contributed by atoms with van der Waals surface area (Å²) in [7, 11) is 0. The number of hydrogen-bond acceptors (Lipinski definition) is 9. The van der Waals surface area contributed by atoms with Crippen molar-refractivity contribution in [1.29, 1.82) is 0 Å². The summed E-state index contributed by atoms with van der Waals surface area (Å²) in [6.45, 7) is -0.633. The van der Waals surface area contributed by atoms with Crippen LogP contribution >= 0.6 is 0 Å². The van der Waals surface area contributed by atoms with Gasteiger partial charge in [-0.1, -0.05) is 72.8 Å². The molecular weight excluding hydrogens is 540 g/mol. The van der Waals surface area contributed by atoms with E-state index < -0.39 is 48.8 Å². The number of hydrogen-bond donors (Lipinski definition) is 0. The fraction of sp³-hybridized carbons (Fsp3) is 0.121. The van der Waals surface area contributed by atoms with Gasteiger partial charge in [-0.15, -0.1) is 0 Å². The number of carbonyl (C=O) groups excluding carboxylic acids is 5. The van der Waals surface area contributed by atoms with Crippen molar-refractivity contribution in [3.8, 4) is 0 Å². The van der Waals surface area contributed by atoms with Crippen molar-refractivity contribution < 1.29 is 42.9 Å². The van der Waals surface area contributed by atoms with Crippen LogP contribution in [0.3, 0.4) is 0 Å². The predicted molar refractivity (Wildman–Crippen MR) is 150 cm³/mol. The maximum absolute atomic E-state index is 13.1. The quantitative estimate of drug-likeness (QED) is 0.136. The van der Waals surface area contributed by atoms with E-state index in [4.69, 9.17) is 18.9 Å². The van der Waals surface area contributed by atoms with Crippen molar-refractivity contribution in [2.24, 2.45) is 0 Å². The van der Waals surface area contributed by atoms with Gasteiger partial charge in [0.2, 0.25) is 0 Å². The van der Waals surface area contributed by atoms with Crippen LogP contribution in [0.25, 0.3) is 0 Å². The number of aldehydes is 1. The second-order valence-electron chi connectivity index (χ2n) is 8.88. The number of benzene rings is 4. The molecule has 3 atom stereocenters. The molecule has 42 heavy (non-hydrogen) atoms. The van der Waals surface area contributed by atoms with Crippen LogP contribution in [0.1, 0.15) is 41.4 Å². The molecule has 0 spiro atoms. The molecule has 0 N–H and O–H groups in total. The first-order chi connectivity index (χ1) is 20.5. The summed E-state index contributed by atoms with van der Waals surface area (Å²) in [6.07, 6.45) is -4.74. The van der Waals surface area contributed by atoms with Crippen LogP contribution < -0.4 is 0 Å². The Bertz CT molecular complexity index is 1490. The van der Waals surface area contributed by atoms with Gasteiger partial charge in [0.05, 0.1) is 22.3 Å². The first-order valence-electron chi connectivity index (χ1n) is 12.9. The Balaban J connectivity index is 1.67. The Morgan fingerprint density at radius 1 is 0.500 bits per heavy atom. The molecule has 212 valence electrons. The van der Waals surface area contributed by atoms with E-state index in [0.29, 0.717) is 0 Å². The monoisotopic (exact) mass is 566 g/mol. The van der Waals surface area contributed by atoms with Crippen molar-refractivity contribution in [3.63, 3.8) is 0 Å². The summed E-state index contributed by atoms with van der Waals surface area (Å²) < 4.78 is 22.1. The standard InChI is InChI=1S/C33H26O9/c34-21-27(40-31(36)24-15-7-2-8-16-24)29(42-33(38)26-19-11-4-12-20-26)28(41-32(37)25-17-9-3-10-18-25)22-39-30(35)23-13-5-1-6-14-23/h1-21,27-29H,22H2/t27-,28+,29-/m0/s1. The van der Waals surface area contributed by atoms with Crippen molar-refractivity contribution in [2.45, 2.75) is 18.3 Å². The highest BCUT2D eigenvalue weighted by molar-refractivity contribution is 5.92. The largest absolute Gasteiger partial charge is 0.458 e. The SMILES string of the molecule is O=C[C@H](OC(=O)c1ccccc1)[C@H](OC(=O)c1ccccc1)[C@@H](COC(=O)c1ccccc1)OC(=O)c1ccccc1. The minimum Gasteiger partial charge on any atom is -0.458 e. The fourth-order valence-electron chi connectivity index (χ4n) is 3.85. The summed E-state index contributed by atoms with van der Waals surface area (Å²) in [5.41, 5.74) is 0.613. The predicted octanol–water partition coefficient (Wildman–Crippen LogP) is 4.72. The van der Waals surface area contributed by atoms with Gasteiger partial charge in [-0.2, -0.15) is 0 Å². The van der Waals surface area contributed by atoms with Gasteiger partial charge in [0.1, 0.15) is 6.61 Å². The lowest BCUT2D eigenvalue weighted by atomic mass is 10.1. The molecule has 0 amide bonds. The van der Waals surface area contributed by atoms with Gasteiger partial charge < -0.3 is 18.9 Å². The van der Waals surface area contributed by atoms with Crippen LogP contribution in [0.4, 0.5) is 0 Å². The minimum atomic E-state index is -1.74. The molecule has 0 aromatic heterocycles. The van der Waals surface area contributed by atoms with E-state index in [1.165, 1.54) is 48.5 Å². The lowest BCUT2D eigenvalue weighted by Gasteiger charge is -2.30. The zero-order valence-electron chi connectivity index (χ0n) is 22.2. The minimum absolute atomic E-state index is 0.121. The Morgan fingerprint density at radius 2 is 0.857 bits per heavy atom. The van der Waals surface area contributed by atoms with Crippen molar-refractivity contribution in [1.82, 2.24) is 0 Å². The third kappa shape index (κ3) is 7.98. The van der Waals surface area contributed by atoms with Crippen molar-refractivity contribution in [3.05, 3.63) is 144 Å².